The Balaban J connectivity index is 1.89. The minimum Gasteiger partial charge on any atom is -0.378 e. The summed E-state index contributed by atoms with van der Waals surface area (Å²) in [5.41, 5.74) is 1.69. The van der Waals surface area contributed by atoms with Crippen molar-refractivity contribution in [1.82, 2.24) is 0 Å². The highest BCUT2D eigenvalue weighted by atomic mass is 16.5. The molecule has 0 aromatic heterocycles. The molecule has 0 N–H and O–H groups in total. The molecule has 0 aromatic rings. The molecule has 2 rings (SSSR count). The summed E-state index contributed by atoms with van der Waals surface area (Å²) in [6.07, 6.45) is 9.58. The molecule has 0 spiro atoms. The summed E-state index contributed by atoms with van der Waals surface area (Å²) < 4.78 is 5.73. The summed E-state index contributed by atoms with van der Waals surface area (Å²) in [6, 6.07) is 0. The molecule has 1 aliphatic heterocycles. The molecule has 80 valence electrons. The first kappa shape index (κ1) is 10.2. The molecule has 3 atom stereocenters. The van der Waals surface area contributed by atoms with Crippen LogP contribution in [0.1, 0.15) is 46.0 Å². The third-order valence-corrected chi connectivity index (χ3v) is 3.74. The van der Waals surface area contributed by atoms with Gasteiger partial charge in [-0.2, -0.15) is 0 Å². The maximum Gasteiger partial charge on any atom is 0.0547 e. The molecule has 0 aromatic carbocycles. The third-order valence-electron chi connectivity index (χ3n) is 3.74. The summed E-state index contributed by atoms with van der Waals surface area (Å²) in [4.78, 5) is 0. The predicted molar refractivity (Wildman–Crippen MR) is 59.2 cm³/mol. The Morgan fingerprint density at radius 3 is 2.64 bits per heavy atom. The lowest BCUT2D eigenvalue weighted by Crippen LogP contribution is -2.25. The van der Waals surface area contributed by atoms with Crippen molar-refractivity contribution in [3.8, 4) is 0 Å². The molecule has 0 radical (unpaired) electrons. The van der Waals surface area contributed by atoms with Crippen LogP contribution in [0.15, 0.2) is 11.6 Å². The monoisotopic (exact) mass is 194 g/mol. The van der Waals surface area contributed by atoms with Gasteiger partial charge in [0, 0.05) is 5.92 Å². The molecular weight excluding hydrogens is 172 g/mol. The SMILES string of the molecule is CC1CC=C(C2CCC(C)OC2)CC1. The first-order valence-electron chi connectivity index (χ1n) is 6.06. The highest BCUT2D eigenvalue weighted by molar-refractivity contribution is 5.11. The van der Waals surface area contributed by atoms with Crippen molar-refractivity contribution in [1.29, 1.82) is 0 Å². The van der Waals surface area contributed by atoms with Crippen molar-refractivity contribution >= 4 is 0 Å². The zero-order chi connectivity index (χ0) is 9.97. The lowest BCUT2D eigenvalue weighted by atomic mass is 9.82. The minimum atomic E-state index is 0.495. The third kappa shape index (κ3) is 2.38. The van der Waals surface area contributed by atoms with Gasteiger partial charge in [-0.05, 0) is 44.9 Å². The second-order valence-corrected chi connectivity index (χ2v) is 5.08. The Kier molecular flexibility index (Phi) is 3.27. The van der Waals surface area contributed by atoms with Crippen LogP contribution in [-0.4, -0.2) is 12.7 Å². The molecule has 1 heteroatoms. The van der Waals surface area contributed by atoms with Crippen LogP contribution in [0.3, 0.4) is 0 Å². The summed E-state index contributed by atoms with van der Waals surface area (Å²) in [5.74, 6) is 1.65. The Hall–Kier alpha value is -0.300. The molecule has 1 saturated heterocycles. The smallest absolute Gasteiger partial charge is 0.0547 e. The van der Waals surface area contributed by atoms with Gasteiger partial charge >= 0.3 is 0 Å². The van der Waals surface area contributed by atoms with E-state index < -0.39 is 0 Å². The van der Waals surface area contributed by atoms with Crippen molar-refractivity contribution in [3.05, 3.63) is 11.6 Å². The van der Waals surface area contributed by atoms with E-state index in [1.165, 1.54) is 32.1 Å². The van der Waals surface area contributed by atoms with Crippen molar-refractivity contribution in [3.63, 3.8) is 0 Å². The highest BCUT2D eigenvalue weighted by Crippen LogP contribution is 2.32. The van der Waals surface area contributed by atoms with Crippen molar-refractivity contribution in [2.75, 3.05) is 6.61 Å². The van der Waals surface area contributed by atoms with Gasteiger partial charge in [-0.1, -0.05) is 18.6 Å². The second kappa shape index (κ2) is 4.48. The molecule has 1 heterocycles. The van der Waals surface area contributed by atoms with Gasteiger partial charge in [-0.15, -0.1) is 0 Å². The Labute approximate surface area is 87.5 Å². The van der Waals surface area contributed by atoms with Crippen LogP contribution in [0.2, 0.25) is 0 Å². The van der Waals surface area contributed by atoms with Gasteiger partial charge in [0.25, 0.3) is 0 Å². The predicted octanol–water partition coefficient (Wildman–Crippen LogP) is 3.55. The average Bonchev–Trinajstić information content (AvgIpc) is 2.21. The Morgan fingerprint density at radius 2 is 2.07 bits per heavy atom. The molecule has 1 nitrogen and oxygen atoms in total. The van der Waals surface area contributed by atoms with E-state index in [0.717, 1.165) is 18.4 Å². The zero-order valence-electron chi connectivity index (χ0n) is 9.46. The van der Waals surface area contributed by atoms with Gasteiger partial charge in [-0.3, -0.25) is 0 Å². The van der Waals surface area contributed by atoms with E-state index in [1.807, 2.05) is 0 Å². The van der Waals surface area contributed by atoms with Gasteiger partial charge in [0.1, 0.15) is 0 Å². The standard InChI is InChI=1S/C13H22O/c1-10-3-6-12(7-4-10)13-8-5-11(2)14-9-13/h6,10-11,13H,3-5,7-9H2,1-2H3. The molecule has 0 bridgehead atoms. The number of hydrogen-bond donors (Lipinski definition) is 0. The molecular formula is C13H22O. The fourth-order valence-electron chi connectivity index (χ4n) is 2.53. The van der Waals surface area contributed by atoms with Crippen molar-refractivity contribution < 1.29 is 4.74 Å². The lowest BCUT2D eigenvalue weighted by Gasteiger charge is -2.31. The van der Waals surface area contributed by atoms with E-state index in [9.17, 15) is 0 Å². The van der Waals surface area contributed by atoms with Crippen LogP contribution in [0.5, 0.6) is 0 Å². The van der Waals surface area contributed by atoms with E-state index in [-0.39, 0.29) is 0 Å². The molecule has 1 aliphatic carbocycles. The van der Waals surface area contributed by atoms with Gasteiger partial charge < -0.3 is 4.74 Å². The number of rotatable bonds is 1. The zero-order valence-corrected chi connectivity index (χ0v) is 9.46. The maximum atomic E-state index is 5.73. The fourth-order valence-corrected chi connectivity index (χ4v) is 2.53. The van der Waals surface area contributed by atoms with E-state index >= 15 is 0 Å². The van der Waals surface area contributed by atoms with Gasteiger partial charge in [0.15, 0.2) is 0 Å². The quantitative estimate of drug-likeness (QED) is 0.580. The van der Waals surface area contributed by atoms with Crippen LogP contribution in [0, 0.1) is 11.8 Å². The van der Waals surface area contributed by atoms with Crippen LogP contribution in [0.4, 0.5) is 0 Å². The molecule has 2 aliphatic rings. The van der Waals surface area contributed by atoms with E-state index in [1.54, 1.807) is 5.57 Å². The second-order valence-electron chi connectivity index (χ2n) is 5.08. The summed E-state index contributed by atoms with van der Waals surface area (Å²) in [6.45, 7) is 5.52. The lowest BCUT2D eigenvalue weighted by molar-refractivity contribution is 0.00353. The number of allylic oxidation sites excluding steroid dienone is 1. The molecule has 0 saturated carbocycles. The molecule has 0 amide bonds. The maximum absolute atomic E-state index is 5.73. The number of hydrogen-bond acceptors (Lipinski definition) is 1. The molecule has 1 fully saturated rings. The normalized spacial score (nSPS) is 39.3. The number of ether oxygens (including phenoxy) is 1. The van der Waals surface area contributed by atoms with Gasteiger partial charge in [0.2, 0.25) is 0 Å². The van der Waals surface area contributed by atoms with Crippen LogP contribution >= 0.6 is 0 Å². The first-order valence-corrected chi connectivity index (χ1v) is 6.06. The molecule has 3 unspecified atom stereocenters. The van der Waals surface area contributed by atoms with E-state index in [4.69, 9.17) is 4.74 Å². The highest BCUT2D eigenvalue weighted by Gasteiger charge is 2.23. The van der Waals surface area contributed by atoms with Crippen molar-refractivity contribution in [2.45, 2.75) is 52.1 Å². The van der Waals surface area contributed by atoms with Crippen LogP contribution in [-0.2, 0) is 4.74 Å². The van der Waals surface area contributed by atoms with Crippen LogP contribution < -0.4 is 0 Å². The van der Waals surface area contributed by atoms with Crippen LogP contribution in [0.25, 0.3) is 0 Å². The average molecular weight is 194 g/mol. The van der Waals surface area contributed by atoms with E-state index in [2.05, 4.69) is 19.9 Å². The molecule has 14 heavy (non-hydrogen) atoms. The summed E-state index contributed by atoms with van der Waals surface area (Å²) in [7, 11) is 0. The Bertz CT molecular complexity index is 211. The van der Waals surface area contributed by atoms with E-state index in [0.29, 0.717) is 6.10 Å². The van der Waals surface area contributed by atoms with Gasteiger partial charge in [-0.25, -0.2) is 0 Å². The van der Waals surface area contributed by atoms with Gasteiger partial charge in [0.05, 0.1) is 12.7 Å². The topological polar surface area (TPSA) is 9.23 Å². The van der Waals surface area contributed by atoms with Crippen molar-refractivity contribution in [2.24, 2.45) is 11.8 Å². The first-order chi connectivity index (χ1) is 6.75. The largest absolute Gasteiger partial charge is 0.378 e. The summed E-state index contributed by atoms with van der Waals surface area (Å²) in [5, 5.41) is 0. The summed E-state index contributed by atoms with van der Waals surface area (Å²) >= 11 is 0. The minimum absolute atomic E-state index is 0.495. The fraction of sp³-hybridized carbons (Fsp3) is 0.846. The Morgan fingerprint density at radius 1 is 1.21 bits per heavy atom.